The fraction of sp³-hybridized carbons (Fsp3) is 0.0545. The molecule has 0 saturated heterocycles. The van der Waals surface area contributed by atoms with Crippen LogP contribution in [0.2, 0.25) is 0 Å². The lowest BCUT2D eigenvalue weighted by molar-refractivity contribution is 0.667. The van der Waals surface area contributed by atoms with Gasteiger partial charge in [0.05, 0.1) is 22.1 Å². The Morgan fingerprint density at radius 2 is 0.877 bits per heavy atom. The summed E-state index contributed by atoms with van der Waals surface area (Å²) in [6.45, 7) is 4.85. The van der Waals surface area contributed by atoms with Crippen molar-refractivity contribution in [3.8, 4) is 55.9 Å². The number of para-hydroxylation sites is 3. The lowest BCUT2D eigenvalue weighted by Gasteiger charge is -2.23. The average molecular weight is 725 g/mol. The normalized spacial score (nSPS) is 13.6. The molecule has 57 heavy (non-hydrogen) atoms. The molecule has 0 aliphatic heterocycles. The molecular weight excluding hydrogens is 689 g/mol. The summed E-state index contributed by atoms with van der Waals surface area (Å²) in [5.41, 5.74) is 20.4. The summed E-state index contributed by atoms with van der Waals surface area (Å²) in [6.07, 6.45) is 0. The molecule has 0 saturated carbocycles. The highest BCUT2D eigenvalue weighted by molar-refractivity contribution is 6.31. The predicted octanol–water partition coefficient (Wildman–Crippen LogP) is 14.7. The summed E-state index contributed by atoms with van der Waals surface area (Å²) in [7, 11) is 0. The smallest absolute Gasteiger partial charge is 0.0644 e. The van der Waals surface area contributed by atoms with E-state index < -0.39 is 0 Å². The third kappa shape index (κ3) is 3.90. The fourth-order valence-electron chi connectivity index (χ4n) is 10.9. The van der Waals surface area contributed by atoms with Crippen LogP contribution in [0.5, 0.6) is 0 Å². The molecule has 0 amide bonds. The van der Waals surface area contributed by atoms with Gasteiger partial charge in [-0.3, -0.25) is 0 Å². The molecule has 11 aromatic rings. The maximum absolute atomic E-state index is 2.56. The van der Waals surface area contributed by atoms with Gasteiger partial charge in [-0.2, -0.15) is 0 Å². The van der Waals surface area contributed by atoms with Crippen molar-refractivity contribution < 1.29 is 0 Å². The Hall–Kier alpha value is -7.16. The first-order chi connectivity index (χ1) is 28.1. The summed E-state index contributed by atoms with van der Waals surface area (Å²) >= 11 is 0. The van der Waals surface area contributed by atoms with E-state index in [1.807, 2.05) is 0 Å². The zero-order chi connectivity index (χ0) is 37.6. The van der Waals surface area contributed by atoms with Gasteiger partial charge in [0.1, 0.15) is 0 Å². The van der Waals surface area contributed by atoms with E-state index in [-0.39, 0.29) is 5.41 Å². The molecule has 2 aromatic heterocycles. The number of fused-ring (bicyclic) bond motifs is 15. The summed E-state index contributed by atoms with van der Waals surface area (Å²) in [5, 5.41) is 7.86. The lowest BCUT2D eigenvalue weighted by atomic mass is 9.80. The molecule has 0 N–H and O–H groups in total. The van der Waals surface area contributed by atoms with E-state index in [1.54, 1.807) is 0 Å². The maximum atomic E-state index is 2.56. The molecule has 2 aliphatic carbocycles. The quantitative estimate of drug-likeness (QED) is 0.172. The Kier molecular flexibility index (Phi) is 6.00. The van der Waals surface area contributed by atoms with Crippen LogP contribution < -0.4 is 0 Å². The molecule has 0 fully saturated rings. The van der Waals surface area contributed by atoms with E-state index in [1.165, 1.54) is 116 Å². The van der Waals surface area contributed by atoms with Crippen LogP contribution in [0.15, 0.2) is 182 Å². The third-order valence-electron chi connectivity index (χ3n) is 13.2. The summed E-state index contributed by atoms with van der Waals surface area (Å²) in [4.78, 5) is 0. The van der Waals surface area contributed by atoms with Gasteiger partial charge in [0.25, 0.3) is 0 Å². The van der Waals surface area contributed by atoms with Crippen molar-refractivity contribution in [2.45, 2.75) is 19.3 Å². The zero-order valence-corrected chi connectivity index (χ0v) is 31.7. The standard InChI is InChI=1S/C55H36N2/c1-55(2)45-24-11-8-19-42(45)49-52(55)50-43-20-9-12-25-46(43)57(54(50)51-44-21-10-13-26-47(44)56(53(49)51)34-15-4-3-5-16-34)35-29-27-33(28-30-35)36-31-32-41-38-18-7-6-17-37(38)40-23-14-22-39(36)48(40)41/h3-32H,1-2H3. The van der Waals surface area contributed by atoms with Crippen molar-refractivity contribution in [1.82, 2.24) is 9.13 Å². The second kappa shape index (κ2) is 11.0. The van der Waals surface area contributed by atoms with E-state index in [2.05, 4.69) is 205 Å². The molecule has 2 aliphatic rings. The number of nitrogens with zero attached hydrogens (tertiary/aromatic N) is 2. The zero-order valence-electron chi connectivity index (χ0n) is 31.7. The minimum absolute atomic E-state index is 0.218. The Labute approximate surface area is 330 Å². The minimum Gasteiger partial charge on any atom is -0.309 e. The van der Waals surface area contributed by atoms with Gasteiger partial charge < -0.3 is 9.13 Å². The van der Waals surface area contributed by atoms with Gasteiger partial charge in [0, 0.05) is 43.9 Å². The van der Waals surface area contributed by atoms with Gasteiger partial charge >= 0.3 is 0 Å². The summed E-state index contributed by atoms with van der Waals surface area (Å²) in [5.74, 6) is 0. The lowest BCUT2D eigenvalue weighted by Crippen LogP contribution is -2.15. The Balaban J connectivity index is 1.14. The van der Waals surface area contributed by atoms with Gasteiger partial charge in [-0.05, 0) is 97.2 Å². The molecule has 9 aromatic carbocycles. The van der Waals surface area contributed by atoms with Crippen LogP contribution in [-0.4, -0.2) is 9.13 Å². The van der Waals surface area contributed by atoms with E-state index in [0.29, 0.717) is 0 Å². The number of hydrogen-bond donors (Lipinski definition) is 0. The predicted molar refractivity (Wildman–Crippen MR) is 240 cm³/mol. The number of benzene rings is 9. The van der Waals surface area contributed by atoms with Crippen molar-refractivity contribution in [2.75, 3.05) is 0 Å². The fourth-order valence-corrected chi connectivity index (χ4v) is 10.9. The molecule has 2 heteroatoms. The van der Waals surface area contributed by atoms with Gasteiger partial charge in [-0.1, -0.05) is 159 Å². The monoisotopic (exact) mass is 724 g/mol. The molecule has 0 radical (unpaired) electrons. The van der Waals surface area contributed by atoms with E-state index in [0.717, 1.165) is 5.69 Å². The maximum Gasteiger partial charge on any atom is 0.0644 e. The second-order valence-electron chi connectivity index (χ2n) is 16.4. The Morgan fingerprint density at radius 3 is 1.61 bits per heavy atom. The molecule has 2 nitrogen and oxygen atoms in total. The summed E-state index contributed by atoms with van der Waals surface area (Å²) < 4.78 is 5.09. The Bertz CT molecular complexity index is 3490. The minimum atomic E-state index is -0.218. The molecule has 266 valence electrons. The largest absolute Gasteiger partial charge is 0.309 e. The summed E-state index contributed by atoms with van der Waals surface area (Å²) in [6, 6.07) is 67.7. The molecule has 0 unspecified atom stereocenters. The Morgan fingerprint density at radius 1 is 0.351 bits per heavy atom. The van der Waals surface area contributed by atoms with Crippen LogP contribution in [-0.2, 0) is 5.41 Å². The molecule has 0 atom stereocenters. The van der Waals surface area contributed by atoms with Crippen LogP contribution in [0.3, 0.4) is 0 Å². The van der Waals surface area contributed by atoms with Crippen molar-refractivity contribution in [3.05, 3.63) is 193 Å². The molecule has 2 heterocycles. The van der Waals surface area contributed by atoms with Crippen molar-refractivity contribution >= 4 is 54.4 Å². The first-order valence-corrected chi connectivity index (χ1v) is 20.0. The van der Waals surface area contributed by atoms with E-state index in [9.17, 15) is 0 Å². The van der Waals surface area contributed by atoms with Gasteiger partial charge in [-0.15, -0.1) is 0 Å². The van der Waals surface area contributed by atoms with Crippen molar-refractivity contribution in [1.29, 1.82) is 0 Å². The molecule has 13 rings (SSSR count). The first kappa shape index (κ1) is 31.1. The van der Waals surface area contributed by atoms with Crippen LogP contribution in [0.25, 0.3) is 110 Å². The topological polar surface area (TPSA) is 9.86 Å². The number of rotatable bonds is 3. The first-order valence-electron chi connectivity index (χ1n) is 20.0. The van der Waals surface area contributed by atoms with Gasteiger partial charge in [0.15, 0.2) is 0 Å². The second-order valence-corrected chi connectivity index (χ2v) is 16.4. The van der Waals surface area contributed by atoms with Crippen LogP contribution in [0.4, 0.5) is 0 Å². The SMILES string of the molecule is CC1(C)c2ccccc2-c2c1c1c3ccccc3n(-c3ccc(-c4ccc5c6c(cccc46)-c4ccccc4-5)cc3)c1c1c3ccccc3n(-c3ccccc3)c21. The molecular formula is C55H36N2. The van der Waals surface area contributed by atoms with Crippen LogP contribution >= 0.6 is 0 Å². The van der Waals surface area contributed by atoms with Crippen LogP contribution in [0.1, 0.15) is 25.0 Å². The van der Waals surface area contributed by atoms with Gasteiger partial charge in [0.2, 0.25) is 0 Å². The van der Waals surface area contributed by atoms with E-state index in [4.69, 9.17) is 0 Å². The van der Waals surface area contributed by atoms with E-state index >= 15 is 0 Å². The average Bonchev–Trinajstić information content (AvgIpc) is 3.96. The van der Waals surface area contributed by atoms with Crippen LogP contribution in [0, 0.1) is 0 Å². The number of aromatic nitrogens is 2. The van der Waals surface area contributed by atoms with Gasteiger partial charge in [-0.25, -0.2) is 0 Å². The van der Waals surface area contributed by atoms with Crippen molar-refractivity contribution in [2.24, 2.45) is 0 Å². The van der Waals surface area contributed by atoms with Crippen molar-refractivity contribution in [3.63, 3.8) is 0 Å². The highest BCUT2D eigenvalue weighted by atomic mass is 15.0. The highest BCUT2D eigenvalue weighted by Gasteiger charge is 2.41. The molecule has 0 spiro atoms. The highest BCUT2D eigenvalue weighted by Crippen LogP contribution is 2.58. The number of hydrogen-bond acceptors (Lipinski definition) is 0. The molecule has 0 bridgehead atoms. The third-order valence-corrected chi connectivity index (χ3v) is 13.2.